The van der Waals surface area contributed by atoms with Gasteiger partial charge in [-0.15, -0.1) is 0 Å². The van der Waals surface area contributed by atoms with Gasteiger partial charge in [0, 0.05) is 45.0 Å². The molecule has 1 fully saturated rings. The van der Waals surface area contributed by atoms with Crippen LogP contribution in [0.4, 0.5) is 19.0 Å². The van der Waals surface area contributed by atoms with Crippen LogP contribution in [0.5, 0.6) is 0 Å². The van der Waals surface area contributed by atoms with Gasteiger partial charge in [-0.25, -0.2) is 4.98 Å². The molecule has 0 aliphatic carbocycles. The number of pyridine rings is 1. The molecule has 1 amide bonds. The molecular weight excluding hydrogens is 405 g/mol. The van der Waals surface area contributed by atoms with Crippen molar-refractivity contribution in [1.82, 2.24) is 15.2 Å². The summed E-state index contributed by atoms with van der Waals surface area (Å²) in [5, 5.41) is 2.98. The SMILES string of the molecule is CC(CN1CCN(c2ccccn2)CC1)NC(=O)C(C)(C)c1cccc(C(F)(F)F)c1. The van der Waals surface area contributed by atoms with E-state index >= 15 is 0 Å². The van der Waals surface area contributed by atoms with E-state index in [4.69, 9.17) is 0 Å². The molecule has 1 saturated heterocycles. The van der Waals surface area contributed by atoms with E-state index in [0.717, 1.165) is 44.1 Å². The Hall–Kier alpha value is -2.61. The van der Waals surface area contributed by atoms with Crippen LogP contribution in [-0.4, -0.2) is 54.6 Å². The van der Waals surface area contributed by atoms with Gasteiger partial charge < -0.3 is 10.2 Å². The van der Waals surface area contributed by atoms with E-state index in [1.807, 2.05) is 25.1 Å². The van der Waals surface area contributed by atoms with E-state index in [0.29, 0.717) is 12.1 Å². The van der Waals surface area contributed by atoms with Gasteiger partial charge in [0.05, 0.1) is 11.0 Å². The highest BCUT2D eigenvalue weighted by molar-refractivity contribution is 5.87. The molecule has 1 aliphatic rings. The first-order valence-corrected chi connectivity index (χ1v) is 10.4. The smallest absolute Gasteiger partial charge is 0.354 e. The molecule has 1 atom stereocenters. The zero-order valence-corrected chi connectivity index (χ0v) is 18.1. The predicted octanol–water partition coefficient (Wildman–Crippen LogP) is 3.70. The topological polar surface area (TPSA) is 48.5 Å². The first-order chi connectivity index (χ1) is 14.6. The number of hydrogen-bond acceptors (Lipinski definition) is 4. The molecule has 0 bridgehead atoms. The molecule has 2 aromatic rings. The van der Waals surface area contributed by atoms with Crippen LogP contribution in [0.2, 0.25) is 0 Å². The fraction of sp³-hybridized carbons (Fsp3) is 0.478. The molecule has 31 heavy (non-hydrogen) atoms. The molecule has 168 valence electrons. The standard InChI is InChI=1S/C23H29F3N4O/c1-17(16-29-11-13-30(14-12-29)20-9-4-5-10-27-20)28-21(31)22(2,3)18-7-6-8-19(15-18)23(24,25)26/h4-10,15,17H,11-14,16H2,1-3H3,(H,28,31). The van der Waals surface area contributed by atoms with E-state index in [9.17, 15) is 18.0 Å². The maximum atomic E-state index is 13.1. The maximum Gasteiger partial charge on any atom is 0.416 e. The Balaban J connectivity index is 1.54. The summed E-state index contributed by atoms with van der Waals surface area (Å²) in [5.41, 5.74) is -1.48. The molecule has 1 aromatic carbocycles. The number of aromatic nitrogens is 1. The molecule has 1 N–H and O–H groups in total. The first-order valence-electron chi connectivity index (χ1n) is 10.4. The summed E-state index contributed by atoms with van der Waals surface area (Å²) in [6.45, 7) is 9.32. The van der Waals surface area contributed by atoms with Crippen molar-refractivity contribution in [2.75, 3.05) is 37.6 Å². The summed E-state index contributed by atoms with van der Waals surface area (Å²) >= 11 is 0. The average molecular weight is 435 g/mol. The number of halogens is 3. The second kappa shape index (κ2) is 9.26. The lowest BCUT2D eigenvalue weighted by Gasteiger charge is -2.37. The Labute approximate surface area is 181 Å². The van der Waals surface area contributed by atoms with Gasteiger partial charge in [0.1, 0.15) is 5.82 Å². The molecular formula is C23H29F3N4O. The second-order valence-corrected chi connectivity index (χ2v) is 8.55. The van der Waals surface area contributed by atoms with Gasteiger partial charge in [-0.1, -0.05) is 24.3 Å². The van der Waals surface area contributed by atoms with Crippen molar-refractivity contribution in [1.29, 1.82) is 0 Å². The summed E-state index contributed by atoms with van der Waals surface area (Å²) in [5.74, 6) is 0.679. The molecule has 1 unspecified atom stereocenters. The monoisotopic (exact) mass is 434 g/mol. The number of anilines is 1. The number of carbonyl (C=O) groups excluding carboxylic acids is 1. The summed E-state index contributed by atoms with van der Waals surface area (Å²) in [6.07, 6.45) is -2.65. The van der Waals surface area contributed by atoms with Crippen LogP contribution in [0.1, 0.15) is 31.9 Å². The number of carbonyl (C=O) groups is 1. The van der Waals surface area contributed by atoms with Gasteiger partial charge in [-0.05, 0) is 44.5 Å². The lowest BCUT2D eigenvalue weighted by atomic mass is 9.82. The lowest BCUT2D eigenvalue weighted by molar-refractivity contribution is -0.138. The average Bonchev–Trinajstić information content (AvgIpc) is 2.74. The van der Waals surface area contributed by atoms with Crippen LogP contribution in [0.15, 0.2) is 48.7 Å². The normalized spacial score (nSPS) is 16.8. The zero-order valence-electron chi connectivity index (χ0n) is 18.1. The predicted molar refractivity (Wildman–Crippen MR) is 115 cm³/mol. The number of amides is 1. The van der Waals surface area contributed by atoms with Gasteiger partial charge in [0.25, 0.3) is 0 Å². The Morgan fingerprint density at radius 3 is 2.35 bits per heavy atom. The lowest BCUT2D eigenvalue weighted by Crippen LogP contribution is -2.52. The Morgan fingerprint density at radius 2 is 1.74 bits per heavy atom. The van der Waals surface area contributed by atoms with Crippen molar-refractivity contribution in [3.8, 4) is 0 Å². The number of nitrogens with one attached hydrogen (secondary N) is 1. The third kappa shape index (κ3) is 5.76. The highest BCUT2D eigenvalue weighted by Gasteiger charge is 2.35. The van der Waals surface area contributed by atoms with Crippen molar-refractivity contribution in [2.24, 2.45) is 0 Å². The van der Waals surface area contributed by atoms with Crippen molar-refractivity contribution in [3.63, 3.8) is 0 Å². The Kier molecular flexibility index (Phi) is 6.89. The quantitative estimate of drug-likeness (QED) is 0.753. The third-order valence-corrected chi connectivity index (χ3v) is 5.73. The Bertz CT molecular complexity index is 878. The van der Waals surface area contributed by atoms with Crippen LogP contribution in [0.3, 0.4) is 0 Å². The minimum Gasteiger partial charge on any atom is -0.354 e. The summed E-state index contributed by atoms with van der Waals surface area (Å²) < 4.78 is 39.2. The number of nitrogens with zero attached hydrogens (tertiary/aromatic N) is 3. The van der Waals surface area contributed by atoms with E-state index in [-0.39, 0.29) is 11.9 Å². The van der Waals surface area contributed by atoms with Crippen LogP contribution < -0.4 is 10.2 Å². The summed E-state index contributed by atoms with van der Waals surface area (Å²) in [6, 6.07) is 10.7. The van der Waals surface area contributed by atoms with Crippen LogP contribution in [0, 0.1) is 0 Å². The number of hydrogen-bond donors (Lipinski definition) is 1. The van der Waals surface area contributed by atoms with Gasteiger partial charge in [-0.2, -0.15) is 13.2 Å². The number of benzene rings is 1. The van der Waals surface area contributed by atoms with Crippen LogP contribution in [-0.2, 0) is 16.4 Å². The summed E-state index contributed by atoms with van der Waals surface area (Å²) in [7, 11) is 0. The molecule has 3 rings (SSSR count). The van der Waals surface area contributed by atoms with Crippen LogP contribution in [0.25, 0.3) is 0 Å². The molecule has 8 heteroatoms. The van der Waals surface area contributed by atoms with Crippen molar-refractivity contribution in [3.05, 3.63) is 59.8 Å². The number of piperazine rings is 1. The molecule has 0 radical (unpaired) electrons. The Morgan fingerprint density at radius 1 is 1.06 bits per heavy atom. The maximum absolute atomic E-state index is 13.1. The molecule has 1 aliphatic heterocycles. The fourth-order valence-corrected chi connectivity index (χ4v) is 3.75. The van der Waals surface area contributed by atoms with E-state index < -0.39 is 17.2 Å². The molecule has 0 spiro atoms. The van der Waals surface area contributed by atoms with E-state index in [2.05, 4.69) is 20.1 Å². The van der Waals surface area contributed by atoms with Gasteiger partial charge in [-0.3, -0.25) is 9.69 Å². The number of alkyl halides is 3. The largest absolute Gasteiger partial charge is 0.416 e. The first kappa shape index (κ1) is 23.1. The minimum atomic E-state index is -4.44. The van der Waals surface area contributed by atoms with Gasteiger partial charge >= 0.3 is 6.18 Å². The van der Waals surface area contributed by atoms with Gasteiger partial charge in [0.15, 0.2) is 0 Å². The zero-order chi connectivity index (χ0) is 22.6. The highest BCUT2D eigenvalue weighted by atomic mass is 19.4. The van der Waals surface area contributed by atoms with Crippen molar-refractivity contribution < 1.29 is 18.0 Å². The number of rotatable bonds is 6. The summed E-state index contributed by atoms with van der Waals surface area (Å²) in [4.78, 5) is 21.8. The highest BCUT2D eigenvalue weighted by Crippen LogP contribution is 2.33. The van der Waals surface area contributed by atoms with E-state index in [1.165, 1.54) is 6.07 Å². The fourth-order valence-electron chi connectivity index (χ4n) is 3.75. The van der Waals surface area contributed by atoms with E-state index in [1.54, 1.807) is 26.1 Å². The molecule has 0 saturated carbocycles. The van der Waals surface area contributed by atoms with Crippen molar-refractivity contribution >= 4 is 11.7 Å². The van der Waals surface area contributed by atoms with Crippen molar-refractivity contribution in [2.45, 2.75) is 38.4 Å². The minimum absolute atomic E-state index is 0.126. The molecule has 2 heterocycles. The molecule has 1 aromatic heterocycles. The third-order valence-electron chi connectivity index (χ3n) is 5.73. The molecule has 5 nitrogen and oxygen atoms in total. The van der Waals surface area contributed by atoms with Crippen LogP contribution >= 0.6 is 0 Å². The second-order valence-electron chi connectivity index (χ2n) is 8.55. The van der Waals surface area contributed by atoms with Gasteiger partial charge in [0.2, 0.25) is 5.91 Å².